The van der Waals surface area contributed by atoms with Crippen LogP contribution in [0, 0.1) is 5.41 Å². The van der Waals surface area contributed by atoms with Crippen molar-refractivity contribution in [1.82, 2.24) is 5.32 Å². The predicted octanol–water partition coefficient (Wildman–Crippen LogP) is 1.34. The van der Waals surface area contributed by atoms with Crippen LogP contribution in [-0.4, -0.2) is 43.8 Å². The number of aliphatic carboxylic acids is 1. The summed E-state index contributed by atoms with van der Waals surface area (Å²) in [5.74, 6) is -1.17. The molecule has 0 bridgehead atoms. The summed E-state index contributed by atoms with van der Waals surface area (Å²) < 4.78 is 5.17. The van der Waals surface area contributed by atoms with Gasteiger partial charge in [0, 0.05) is 24.8 Å². The number of ether oxygens (including phenoxy) is 1. The average molecular weight is 292 g/mol. The van der Waals surface area contributed by atoms with E-state index in [0.29, 0.717) is 24.4 Å². The average Bonchev–Trinajstić information content (AvgIpc) is 3.23. The van der Waals surface area contributed by atoms with E-state index >= 15 is 0 Å². The Kier molecular flexibility index (Phi) is 4.80. The van der Waals surface area contributed by atoms with Crippen molar-refractivity contribution in [3.63, 3.8) is 0 Å². The van der Waals surface area contributed by atoms with E-state index in [1.54, 1.807) is 31.4 Å². The number of carbonyl (C=O) groups excluding carboxylic acids is 1. The molecule has 1 saturated carbocycles. The lowest BCUT2D eigenvalue weighted by atomic mass is 10.1. The number of hydrogen-bond donors (Lipinski definition) is 3. The molecule has 1 aliphatic carbocycles. The Bertz CT molecular complexity index is 526. The van der Waals surface area contributed by atoms with Gasteiger partial charge in [0.05, 0.1) is 12.2 Å². The fourth-order valence-corrected chi connectivity index (χ4v) is 2.22. The maximum Gasteiger partial charge on any atom is 0.322 e. The summed E-state index contributed by atoms with van der Waals surface area (Å²) in [7, 11) is 1.66. The summed E-state index contributed by atoms with van der Waals surface area (Å²) in [6.45, 7) is 0.997. The highest BCUT2D eigenvalue weighted by Gasteiger charge is 2.42. The molecule has 1 aromatic rings. The molecule has 0 aromatic heterocycles. The Morgan fingerprint density at radius 1 is 1.33 bits per heavy atom. The molecule has 1 amide bonds. The predicted molar refractivity (Wildman–Crippen MR) is 78.4 cm³/mol. The first-order chi connectivity index (χ1) is 10.1. The van der Waals surface area contributed by atoms with Gasteiger partial charge in [-0.3, -0.25) is 9.59 Å². The molecule has 0 saturated heterocycles. The van der Waals surface area contributed by atoms with Crippen LogP contribution in [0.5, 0.6) is 0 Å². The fraction of sp³-hybridized carbons (Fsp3) is 0.467. The molecule has 0 atom stereocenters. The molecule has 1 fully saturated rings. The molecule has 0 spiro atoms. The number of carboxylic acid groups (broad SMARTS) is 1. The molecule has 3 N–H and O–H groups in total. The Morgan fingerprint density at radius 3 is 2.67 bits per heavy atom. The number of hydrogen-bond acceptors (Lipinski definition) is 4. The first-order valence-corrected chi connectivity index (χ1v) is 6.88. The van der Waals surface area contributed by atoms with Crippen LogP contribution in [0.25, 0.3) is 0 Å². The van der Waals surface area contributed by atoms with Gasteiger partial charge >= 0.3 is 5.97 Å². The third-order valence-corrected chi connectivity index (χ3v) is 3.63. The van der Waals surface area contributed by atoms with Crippen molar-refractivity contribution in [2.45, 2.75) is 12.8 Å². The normalized spacial score (nSPS) is 15.3. The second kappa shape index (κ2) is 6.58. The van der Waals surface area contributed by atoms with Crippen molar-refractivity contribution >= 4 is 17.6 Å². The smallest absolute Gasteiger partial charge is 0.322 e. The first kappa shape index (κ1) is 15.3. The minimum absolute atomic E-state index is 0.0772. The molecule has 0 aliphatic heterocycles. The van der Waals surface area contributed by atoms with Gasteiger partial charge in [0.1, 0.15) is 6.54 Å². The van der Waals surface area contributed by atoms with Crippen molar-refractivity contribution in [2.24, 2.45) is 5.41 Å². The minimum atomic E-state index is -0.970. The Labute approximate surface area is 123 Å². The van der Waals surface area contributed by atoms with Crippen LogP contribution < -0.4 is 10.6 Å². The Hall–Kier alpha value is -2.08. The lowest BCUT2D eigenvalue weighted by molar-refractivity contribution is -0.134. The molecule has 0 unspecified atom stereocenters. The number of anilines is 1. The molecule has 114 valence electrons. The van der Waals surface area contributed by atoms with E-state index in [1.165, 1.54) is 0 Å². The summed E-state index contributed by atoms with van der Waals surface area (Å²) in [5.41, 5.74) is 1.05. The van der Waals surface area contributed by atoms with Crippen molar-refractivity contribution in [1.29, 1.82) is 0 Å². The maximum atomic E-state index is 12.2. The van der Waals surface area contributed by atoms with Crippen LogP contribution in [0.2, 0.25) is 0 Å². The van der Waals surface area contributed by atoms with E-state index in [-0.39, 0.29) is 17.9 Å². The second-order valence-corrected chi connectivity index (χ2v) is 5.41. The van der Waals surface area contributed by atoms with Gasteiger partial charge in [-0.15, -0.1) is 0 Å². The lowest BCUT2D eigenvalue weighted by Gasteiger charge is -2.16. The molecule has 0 heterocycles. The highest BCUT2D eigenvalue weighted by Crippen LogP contribution is 2.45. The van der Waals surface area contributed by atoms with E-state index in [4.69, 9.17) is 9.84 Å². The van der Waals surface area contributed by atoms with Crippen molar-refractivity contribution < 1.29 is 19.4 Å². The largest absolute Gasteiger partial charge is 0.480 e. The molecule has 1 aliphatic rings. The molecular weight excluding hydrogens is 272 g/mol. The molecule has 6 nitrogen and oxygen atoms in total. The van der Waals surface area contributed by atoms with Crippen molar-refractivity contribution in [3.8, 4) is 0 Å². The van der Waals surface area contributed by atoms with Gasteiger partial charge in [-0.1, -0.05) is 12.1 Å². The number of methoxy groups -OCH3 is 1. The zero-order valence-corrected chi connectivity index (χ0v) is 12.0. The van der Waals surface area contributed by atoms with Crippen LogP contribution in [0.1, 0.15) is 23.2 Å². The molecule has 1 aromatic carbocycles. The van der Waals surface area contributed by atoms with Crippen LogP contribution in [0.4, 0.5) is 5.69 Å². The number of rotatable bonds is 8. The quantitative estimate of drug-likeness (QED) is 0.673. The summed E-state index contributed by atoms with van der Waals surface area (Å²) in [6.07, 6.45) is 2.11. The number of amides is 1. The summed E-state index contributed by atoms with van der Waals surface area (Å²) >= 11 is 0. The second-order valence-electron chi connectivity index (χ2n) is 5.41. The molecule has 6 heteroatoms. The van der Waals surface area contributed by atoms with Gasteiger partial charge < -0.3 is 20.5 Å². The van der Waals surface area contributed by atoms with E-state index in [2.05, 4.69) is 10.6 Å². The topological polar surface area (TPSA) is 87.7 Å². The van der Waals surface area contributed by atoms with Crippen LogP contribution in [-0.2, 0) is 9.53 Å². The summed E-state index contributed by atoms with van der Waals surface area (Å²) in [4.78, 5) is 22.9. The van der Waals surface area contributed by atoms with Crippen molar-refractivity contribution in [2.75, 3.05) is 32.1 Å². The number of carbonyl (C=O) groups is 2. The SMILES string of the molecule is COCC1(CNC(=O)c2ccccc2NCC(=O)O)CC1. The Balaban J connectivity index is 1.97. The lowest BCUT2D eigenvalue weighted by Crippen LogP contribution is -2.32. The minimum Gasteiger partial charge on any atom is -0.480 e. The zero-order valence-electron chi connectivity index (χ0n) is 12.0. The van der Waals surface area contributed by atoms with E-state index < -0.39 is 5.97 Å². The summed E-state index contributed by atoms with van der Waals surface area (Å²) in [5, 5.41) is 14.4. The van der Waals surface area contributed by atoms with Gasteiger partial charge in [-0.05, 0) is 25.0 Å². The van der Waals surface area contributed by atoms with Gasteiger partial charge in [0.25, 0.3) is 5.91 Å². The monoisotopic (exact) mass is 292 g/mol. The van der Waals surface area contributed by atoms with Gasteiger partial charge in [0.2, 0.25) is 0 Å². The summed E-state index contributed by atoms with van der Waals surface area (Å²) in [6, 6.07) is 6.88. The number of carboxylic acids is 1. The third kappa shape index (κ3) is 4.19. The Morgan fingerprint density at radius 2 is 2.05 bits per heavy atom. The highest BCUT2D eigenvalue weighted by molar-refractivity contribution is 6.00. The maximum absolute atomic E-state index is 12.2. The molecular formula is C15H20N2O4. The van der Waals surface area contributed by atoms with Crippen LogP contribution in [0.15, 0.2) is 24.3 Å². The fourth-order valence-electron chi connectivity index (χ4n) is 2.22. The van der Waals surface area contributed by atoms with E-state index in [0.717, 1.165) is 12.8 Å². The van der Waals surface area contributed by atoms with E-state index in [9.17, 15) is 9.59 Å². The third-order valence-electron chi connectivity index (χ3n) is 3.63. The number of nitrogens with one attached hydrogen (secondary N) is 2. The van der Waals surface area contributed by atoms with Gasteiger partial charge in [-0.25, -0.2) is 0 Å². The standard InChI is InChI=1S/C15H20N2O4/c1-21-10-15(6-7-15)9-17-14(20)11-4-2-3-5-12(11)16-8-13(18)19/h2-5,16H,6-10H2,1H3,(H,17,20)(H,18,19). The zero-order chi connectivity index (χ0) is 15.3. The van der Waals surface area contributed by atoms with Crippen LogP contribution in [0.3, 0.4) is 0 Å². The molecule has 0 radical (unpaired) electrons. The van der Waals surface area contributed by atoms with Gasteiger partial charge in [0.15, 0.2) is 0 Å². The first-order valence-electron chi connectivity index (χ1n) is 6.88. The molecule has 21 heavy (non-hydrogen) atoms. The van der Waals surface area contributed by atoms with Crippen LogP contribution >= 0.6 is 0 Å². The van der Waals surface area contributed by atoms with E-state index in [1.807, 2.05) is 0 Å². The van der Waals surface area contributed by atoms with Crippen molar-refractivity contribution in [3.05, 3.63) is 29.8 Å². The number of para-hydroxylation sites is 1. The number of benzene rings is 1. The molecule has 2 rings (SSSR count). The van der Waals surface area contributed by atoms with Gasteiger partial charge in [-0.2, -0.15) is 0 Å². The highest BCUT2D eigenvalue weighted by atomic mass is 16.5.